The van der Waals surface area contributed by atoms with Gasteiger partial charge < -0.3 is 19.5 Å². The van der Waals surface area contributed by atoms with Crippen molar-refractivity contribution in [2.45, 2.75) is 38.8 Å². The van der Waals surface area contributed by atoms with Gasteiger partial charge in [0, 0.05) is 0 Å². The van der Waals surface area contributed by atoms with E-state index >= 15 is 0 Å². The fourth-order valence-corrected chi connectivity index (χ4v) is 4.32. The van der Waals surface area contributed by atoms with Gasteiger partial charge in [-0.3, -0.25) is 9.69 Å². The first-order chi connectivity index (χ1) is 19.4. The molecule has 3 aromatic rings. The van der Waals surface area contributed by atoms with Gasteiger partial charge in [0.2, 0.25) is 0 Å². The molecule has 0 spiro atoms. The third-order valence-corrected chi connectivity index (χ3v) is 6.20. The van der Waals surface area contributed by atoms with Crippen LogP contribution in [0.15, 0.2) is 102 Å². The van der Waals surface area contributed by atoms with Crippen molar-refractivity contribution in [1.29, 1.82) is 0 Å². The molecule has 1 saturated heterocycles. The molecule has 8 nitrogen and oxygen atoms in total. The Morgan fingerprint density at radius 2 is 1.48 bits per heavy atom. The smallest absolute Gasteiger partial charge is 0.408 e. The number of nitrogens with one attached hydrogen (secondary N) is 1. The van der Waals surface area contributed by atoms with E-state index in [4.69, 9.17) is 20.6 Å². The molecular weight excluding hydrogens is 508 g/mol. The van der Waals surface area contributed by atoms with Gasteiger partial charge in [-0.15, -0.1) is 6.42 Å². The average molecular weight is 539 g/mol. The highest BCUT2D eigenvalue weighted by Gasteiger charge is 2.53. The van der Waals surface area contributed by atoms with Gasteiger partial charge in [-0.25, -0.2) is 9.59 Å². The second-order valence-corrected chi connectivity index (χ2v) is 9.25. The summed E-state index contributed by atoms with van der Waals surface area (Å²) in [6, 6.07) is 26.7. The maximum absolute atomic E-state index is 13.6. The molecule has 204 valence electrons. The van der Waals surface area contributed by atoms with E-state index in [0.717, 1.165) is 16.7 Å². The van der Waals surface area contributed by atoms with Crippen LogP contribution < -0.4 is 5.32 Å². The van der Waals surface area contributed by atoms with Crippen LogP contribution in [0.2, 0.25) is 0 Å². The number of esters is 1. The fourth-order valence-electron chi connectivity index (χ4n) is 4.32. The summed E-state index contributed by atoms with van der Waals surface area (Å²) in [7, 11) is 0. The number of alkyl carbamates (subject to hydrolysis) is 1. The normalized spacial score (nSPS) is 15.9. The Hall–Kier alpha value is -4.87. The van der Waals surface area contributed by atoms with Crippen LogP contribution in [0.5, 0.6) is 0 Å². The quantitative estimate of drug-likeness (QED) is 0.174. The van der Waals surface area contributed by atoms with E-state index < -0.39 is 36.3 Å². The summed E-state index contributed by atoms with van der Waals surface area (Å²) in [6.07, 6.45) is 2.84. The van der Waals surface area contributed by atoms with E-state index in [-0.39, 0.29) is 18.9 Å². The van der Waals surface area contributed by atoms with Crippen LogP contribution in [0, 0.1) is 12.3 Å². The van der Waals surface area contributed by atoms with Gasteiger partial charge in [0.15, 0.2) is 18.4 Å². The number of ether oxygens (including phenoxy) is 3. The highest BCUT2D eigenvalue weighted by Crippen LogP contribution is 2.32. The second kappa shape index (κ2) is 13.3. The highest BCUT2D eigenvalue weighted by atomic mass is 16.6. The molecule has 8 heteroatoms. The van der Waals surface area contributed by atoms with Crippen LogP contribution in [-0.2, 0) is 30.4 Å². The summed E-state index contributed by atoms with van der Waals surface area (Å²) in [5.74, 6) is 1.09. The second-order valence-electron chi connectivity index (χ2n) is 9.25. The molecule has 0 saturated carbocycles. The van der Waals surface area contributed by atoms with Crippen molar-refractivity contribution in [1.82, 2.24) is 10.2 Å². The molecule has 1 N–H and O–H groups in total. The Kier molecular flexibility index (Phi) is 9.34. The van der Waals surface area contributed by atoms with Crippen LogP contribution in [0.4, 0.5) is 4.79 Å². The number of carbonyl (C=O) groups is 3. The molecule has 40 heavy (non-hydrogen) atoms. The van der Waals surface area contributed by atoms with Crippen LogP contribution >= 0.6 is 0 Å². The number of benzene rings is 3. The van der Waals surface area contributed by atoms with Crippen molar-refractivity contribution >= 4 is 18.0 Å². The number of amides is 2. The zero-order valence-corrected chi connectivity index (χ0v) is 22.3. The number of likely N-dealkylation sites (tertiary alicyclic amines) is 1. The molecule has 0 aliphatic carbocycles. The van der Waals surface area contributed by atoms with E-state index in [1.165, 1.54) is 4.90 Å². The number of β-lactam (4-membered cyclic amide) rings is 1. The largest absolute Gasteiger partial charge is 0.448 e. The minimum atomic E-state index is -1.10. The van der Waals surface area contributed by atoms with Gasteiger partial charge in [0.25, 0.3) is 5.91 Å². The lowest BCUT2D eigenvalue weighted by Crippen LogP contribution is -2.71. The number of rotatable bonds is 10. The summed E-state index contributed by atoms with van der Waals surface area (Å²) in [5.41, 5.74) is 2.87. The van der Waals surface area contributed by atoms with Gasteiger partial charge in [-0.05, 0) is 36.1 Å². The van der Waals surface area contributed by atoms with Crippen molar-refractivity contribution < 1.29 is 28.6 Å². The molecule has 0 radical (unpaired) electrons. The Morgan fingerprint density at radius 3 is 2.00 bits per heavy atom. The number of allylic oxidation sites excluding steroid dienone is 1. The van der Waals surface area contributed by atoms with E-state index in [9.17, 15) is 14.4 Å². The molecule has 1 heterocycles. The Bertz CT molecular complexity index is 1360. The molecule has 0 bridgehead atoms. The predicted molar refractivity (Wildman–Crippen MR) is 148 cm³/mol. The van der Waals surface area contributed by atoms with Crippen LogP contribution in [0.25, 0.3) is 0 Å². The number of hydrogen-bond acceptors (Lipinski definition) is 6. The topological polar surface area (TPSA) is 94.2 Å². The van der Waals surface area contributed by atoms with E-state index in [0.29, 0.717) is 5.57 Å². The molecule has 3 aromatic carbocycles. The van der Waals surface area contributed by atoms with Crippen molar-refractivity contribution in [2.75, 3.05) is 6.61 Å². The van der Waals surface area contributed by atoms with Crippen molar-refractivity contribution in [3.8, 4) is 12.3 Å². The Labute approximate surface area is 233 Å². The maximum Gasteiger partial charge on any atom is 0.408 e. The summed E-state index contributed by atoms with van der Waals surface area (Å²) < 4.78 is 17.0. The molecule has 1 aliphatic rings. The van der Waals surface area contributed by atoms with Crippen LogP contribution in [0.3, 0.4) is 0 Å². The number of carbonyl (C=O) groups excluding carboxylic acids is 3. The summed E-state index contributed by atoms with van der Waals surface area (Å²) in [4.78, 5) is 40.6. The first kappa shape index (κ1) is 28.1. The zero-order chi connectivity index (χ0) is 28.5. The summed E-state index contributed by atoms with van der Waals surface area (Å²) >= 11 is 0. The Balaban J connectivity index is 1.52. The standard InChI is InChI=1S/C32H30N2O6/c1-4-20-38-30-26(33-32(37)39-21-23-14-8-5-9-15-23)29(35)34(30)27(22(2)3)31(36)40-28(24-16-10-6-11-17-24)25-18-12-7-13-19-25/h1,5-19,26,28,30H,20-21H2,2-3H3,(H,33,37)/t26-,30-/m0/s1. The SMILES string of the molecule is C#CCO[C@H]1[C@@H](NC(=O)OCc2ccccc2)C(=O)N1C(C(=O)OC(c1ccccc1)c1ccccc1)=C(C)C. The van der Waals surface area contributed by atoms with E-state index in [1.807, 2.05) is 91.0 Å². The zero-order valence-electron chi connectivity index (χ0n) is 22.3. The lowest BCUT2D eigenvalue weighted by molar-refractivity contribution is -0.179. The summed E-state index contributed by atoms with van der Waals surface area (Å²) in [6.45, 7) is 3.26. The van der Waals surface area contributed by atoms with Crippen molar-refractivity contribution in [3.63, 3.8) is 0 Å². The molecule has 1 aliphatic heterocycles. The molecule has 1 fully saturated rings. The third-order valence-electron chi connectivity index (χ3n) is 6.20. The van der Waals surface area contributed by atoms with Gasteiger partial charge in [0.1, 0.15) is 18.9 Å². The minimum absolute atomic E-state index is 0.0135. The number of terminal acetylenes is 1. The third kappa shape index (κ3) is 6.57. The van der Waals surface area contributed by atoms with E-state index in [2.05, 4.69) is 11.2 Å². The number of hydrogen-bond donors (Lipinski definition) is 1. The minimum Gasteiger partial charge on any atom is -0.448 e. The first-order valence-corrected chi connectivity index (χ1v) is 12.7. The van der Waals surface area contributed by atoms with Crippen LogP contribution in [0.1, 0.15) is 36.6 Å². The Morgan fingerprint density at radius 1 is 0.925 bits per heavy atom. The van der Waals surface area contributed by atoms with Gasteiger partial charge in [-0.1, -0.05) is 96.9 Å². The molecule has 2 atom stereocenters. The molecule has 2 amide bonds. The van der Waals surface area contributed by atoms with Gasteiger partial charge in [0.05, 0.1) is 0 Å². The molecule has 0 unspecified atom stereocenters. The molecule has 4 rings (SSSR count). The van der Waals surface area contributed by atoms with Crippen molar-refractivity contribution in [2.24, 2.45) is 0 Å². The highest BCUT2D eigenvalue weighted by molar-refractivity contribution is 6.01. The lowest BCUT2D eigenvalue weighted by atomic mass is 10.00. The lowest BCUT2D eigenvalue weighted by Gasteiger charge is -2.46. The fraction of sp³-hybridized carbons (Fsp3) is 0.219. The average Bonchev–Trinajstić information content (AvgIpc) is 2.98. The maximum atomic E-state index is 13.6. The molecular formula is C32H30N2O6. The predicted octanol–water partition coefficient (Wildman–Crippen LogP) is 4.73. The van der Waals surface area contributed by atoms with Gasteiger partial charge >= 0.3 is 12.1 Å². The van der Waals surface area contributed by atoms with E-state index in [1.54, 1.807) is 13.8 Å². The van der Waals surface area contributed by atoms with Crippen LogP contribution in [-0.4, -0.2) is 41.7 Å². The summed E-state index contributed by atoms with van der Waals surface area (Å²) in [5, 5.41) is 2.53. The first-order valence-electron chi connectivity index (χ1n) is 12.7. The molecule has 0 aromatic heterocycles. The van der Waals surface area contributed by atoms with Gasteiger partial charge in [-0.2, -0.15) is 0 Å². The number of nitrogens with zero attached hydrogens (tertiary/aromatic N) is 1. The van der Waals surface area contributed by atoms with Crippen molar-refractivity contribution in [3.05, 3.63) is 119 Å². The monoisotopic (exact) mass is 538 g/mol.